The summed E-state index contributed by atoms with van der Waals surface area (Å²) >= 11 is 0. The normalized spacial score (nSPS) is 12.2. The summed E-state index contributed by atoms with van der Waals surface area (Å²) in [6, 6.07) is 5.02. The molecule has 0 N–H and O–H groups in total. The Labute approximate surface area is 122 Å². The zero-order valence-electron chi connectivity index (χ0n) is 10.6. The maximum Gasteiger partial charge on any atom is 0.417 e. The van der Waals surface area contributed by atoms with E-state index in [-0.39, 0.29) is 0 Å². The SMILES string of the molecule is O=S(=O)(Oc1ccc(F)cc1F)c1ccccc1C(F)(F)F. The first-order valence-corrected chi connectivity index (χ1v) is 7.08. The largest absolute Gasteiger partial charge is 0.417 e. The van der Waals surface area contributed by atoms with Crippen LogP contribution in [0.15, 0.2) is 47.4 Å². The maximum atomic E-state index is 13.4. The van der Waals surface area contributed by atoms with Gasteiger partial charge >= 0.3 is 16.3 Å². The van der Waals surface area contributed by atoms with Crippen molar-refractivity contribution in [3.8, 4) is 5.75 Å². The van der Waals surface area contributed by atoms with Crippen molar-refractivity contribution in [1.82, 2.24) is 0 Å². The standard InChI is InChI=1S/C13H7F5O3S/c14-8-5-6-11(10(15)7-8)21-22(19,20)12-4-2-1-3-9(12)13(16,17)18/h1-7H. The quantitative estimate of drug-likeness (QED) is 0.632. The average Bonchev–Trinajstić information content (AvgIpc) is 2.41. The number of halogens is 5. The fraction of sp³-hybridized carbons (Fsp3) is 0.0769. The molecule has 118 valence electrons. The van der Waals surface area contributed by atoms with Crippen LogP contribution in [0.1, 0.15) is 5.56 Å². The summed E-state index contributed by atoms with van der Waals surface area (Å²) < 4.78 is 92.7. The highest BCUT2D eigenvalue weighted by Crippen LogP contribution is 2.35. The second kappa shape index (κ2) is 5.56. The summed E-state index contributed by atoms with van der Waals surface area (Å²) in [5.74, 6) is -3.25. The van der Waals surface area contributed by atoms with E-state index in [9.17, 15) is 30.4 Å². The van der Waals surface area contributed by atoms with Gasteiger partial charge in [-0.15, -0.1) is 0 Å². The van der Waals surface area contributed by atoms with Crippen LogP contribution in [0.3, 0.4) is 0 Å². The lowest BCUT2D eigenvalue weighted by Crippen LogP contribution is -2.17. The molecular weight excluding hydrogens is 331 g/mol. The second-order valence-electron chi connectivity index (χ2n) is 4.11. The topological polar surface area (TPSA) is 43.4 Å². The van der Waals surface area contributed by atoms with Crippen molar-refractivity contribution in [3.63, 3.8) is 0 Å². The van der Waals surface area contributed by atoms with Crippen molar-refractivity contribution in [2.24, 2.45) is 0 Å². The van der Waals surface area contributed by atoms with Crippen LogP contribution in [0.2, 0.25) is 0 Å². The highest BCUT2D eigenvalue weighted by molar-refractivity contribution is 7.87. The van der Waals surface area contributed by atoms with E-state index in [2.05, 4.69) is 4.18 Å². The molecule has 3 nitrogen and oxygen atoms in total. The van der Waals surface area contributed by atoms with Crippen LogP contribution in [-0.2, 0) is 16.3 Å². The molecule has 0 saturated carbocycles. The fourth-order valence-corrected chi connectivity index (χ4v) is 2.78. The minimum Gasteiger partial charge on any atom is -0.376 e. The van der Waals surface area contributed by atoms with Gasteiger partial charge in [0.2, 0.25) is 0 Å². The zero-order valence-corrected chi connectivity index (χ0v) is 11.4. The van der Waals surface area contributed by atoms with Crippen molar-refractivity contribution >= 4 is 10.1 Å². The Morgan fingerprint density at radius 2 is 1.59 bits per heavy atom. The van der Waals surface area contributed by atoms with Gasteiger partial charge in [-0.05, 0) is 24.3 Å². The van der Waals surface area contributed by atoms with Gasteiger partial charge in [0.15, 0.2) is 11.6 Å². The molecule has 0 spiro atoms. The fourth-order valence-electron chi connectivity index (χ4n) is 1.62. The first-order chi connectivity index (χ1) is 10.1. The first kappa shape index (κ1) is 16.2. The van der Waals surface area contributed by atoms with Crippen LogP contribution >= 0.6 is 0 Å². The minimum atomic E-state index is -4.94. The Kier molecular flexibility index (Phi) is 4.10. The molecule has 0 heterocycles. The van der Waals surface area contributed by atoms with Crippen LogP contribution in [-0.4, -0.2) is 8.42 Å². The molecule has 2 aromatic rings. The summed E-state index contributed by atoms with van der Waals surface area (Å²) in [6.45, 7) is 0. The predicted octanol–water partition coefficient (Wildman–Crippen LogP) is 3.75. The lowest BCUT2D eigenvalue weighted by atomic mass is 10.2. The third-order valence-electron chi connectivity index (χ3n) is 2.56. The van der Waals surface area contributed by atoms with E-state index >= 15 is 0 Å². The van der Waals surface area contributed by atoms with Gasteiger partial charge in [0, 0.05) is 6.07 Å². The van der Waals surface area contributed by atoms with Gasteiger partial charge in [0.1, 0.15) is 10.7 Å². The predicted molar refractivity (Wildman–Crippen MR) is 65.6 cm³/mol. The molecule has 22 heavy (non-hydrogen) atoms. The molecule has 2 rings (SSSR count). The van der Waals surface area contributed by atoms with Crippen molar-refractivity contribution < 1.29 is 34.6 Å². The summed E-state index contributed by atoms with van der Waals surface area (Å²) in [6.07, 6.45) is -4.94. The van der Waals surface area contributed by atoms with Gasteiger partial charge in [-0.1, -0.05) is 12.1 Å². The van der Waals surface area contributed by atoms with Crippen molar-refractivity contribution in [2.45, 2.75) is 11.1 Å². The van der Waals surface area contributed by atoms with E-state index in [1.165, 1.54) is 0 Å². The Bertz CT molecular complexity index is 800. The summed E-state index contributed by atoms with van der Waals surface area (Å²) in [5, 5.41) is 0. The molecule has 0 unspecified atom stereocenters. The van der Waals surface area contributed by atoms with Crippen LogP contribution in [0.5, 0.6) is 5.75 Å². The van der Waals surface area contributed by atoms with Gasteiger partial charge in [0.25, 0.3) is 0 Å². The molecular formula is C13H7F5O3S. The number of benzene rings is 2. The van der Waals surface area contributed by atoms with E-state index in [0.29, 0.717) is 30.3 Å². The molecule has 2 aromatic carbocycles. The molecule has 0 fully saturated rings. The Morgan fingerprint density at radius 1 is 0.955 bits per heavy atom. The number of hydrogen-bond acceptors (Lipinski definition) is 3. The van der Waals surface area contributed by atoms with Crippen molar-refractivity contribution in [1.29, 1.82) is 0 Å². The molecule has 0 aliphatic rings. The third-order valence-corrected chi connectivity index (χ3v) is 3.85. The molecule has 0 aromatic heterocycles. The molecule has 0 aliphatic heterocycles. The molecule has 0 radical (unpaired) electrons. The van der Waals surface area contributed by atoms with E-state index in [1.54, 1.807) is 0 Å². The summed E-state index contributed by atoms with van der Waals surface area (Å²) in [7, 11) is -4.94. The van der Waals surface area contributed by atoms with Crippen LogP contribution < -0.4 is 4.18 Å². The second-order valence-corrected chi connectivity index (χ2v) is 5.62. The Morgan fingerprint density at radius 3 is 2.18 bits per heavy atom. The van der Waals surface area contributed by atoms with Gasteiger partial charge in [-0.25, -0.2) is 8.78 Å². The first-order valence-electron chi connectivity index (χ1n) is 5.67. The zero-order chi connectivity index (χ0) is 16.5. The Balaban J connectivity index is 2.48. The Hall–Kier alpha value is -2.16. The minimum absolute atomic E-state index is 0.348. The van der Waals surface area contributed by atoms with Crippen LogP contribution in [0.4, 0.5) is 22.0 Å². The van der Waals surface area contributed by atoms with Crippen LogP contribution in [0.25, 0.3) is 0 Å². The van der Waals surface area contributed by atoms with Gasteiger partial charge in [-0.3, -0.25) is 0 Å². The monoisotopic (exact) mass is 338 g/mol. The van der Waals surface area contributed by atoms with E-state index in [4.69, 9.17) is 0 Å². The van der Waals surface area contributed by atoms with E-state index in [1.807, 2.05) is 0 Å². The molecule has 9 heteroatoms. The lowest BCUT2D eigenvalue weighted by Gasteiger charge is -2.13. The van der Waals surface area contributed by atoms with Crippen molar-refractivity contribution in [3.05, 3.63) is 59.7 Å². The lowest BCUT2D eigenvalue weighted by molar-refractivity contribution is -0.139. The molecule has 0 saturated heterocycles. The molecule has 0 bridgehead atoms. The van der Waals surface area contributed by atoms with Gasteiger partial charge in [0.05, 0.1) is 5.56 Å². The molecule has 0 amide bonds. The van der Waals surface area contributed by atoms with Gasteiger partial charge in [-0.2, -0.15) is 21.6 Å². The summed E-state index contributed by atoms with van der Waals surface area (Å²) in [4.78, 5) is -1.16. The maximum absolute atomic E-state index is 13.4. The van der Waals surface area contributed by atoms with Crippen LogP contribution in [0, 0.1) is 11.6 Å². The number of hydrogen-bond donors (Lipinski definition) is 0. The third kappa shape index (κ3) is 3.35. The molecule has 0 aliphatic carbocycles. The van der Waals surface area contributed by atoms with E-state index in [0.717, 1.165) is 12.1 Å². The summed E-state index contributed by atoms with van der Waals surface area (Å²) in [5.41, 5.74) is -1.45. The van der Waals surface area contributed by atoms with Crippen molar-refractivity contribution in [2.75, 3.05) is 0 Å². The highest BCUT2D eigenvalue weighted by Gasteiger charge is 2.37. The van der Waals surface area contributed by atoms with E-state index < -0.39 is 44.1 Å². The highest BCUT2D eigenvalue weighted by atomic mass is 32.2. The number of rotatable bonds is 3. The number of alkyl halides is 3. The smallest absolute Gasteiger partial charge is 0.376 e. The van der Waals surface area contributed by atoms with Gasteiger partial charge < -0.3 is 4.18 Å². The average molecular weight is 338 g/mol. The molecule has 0 atom stereocenters.